The van der Waals surface area contributed by atoms with E-state index in [1.807, 2.05) is 59.8 Å². The zero-order valence-corrected chi connectivity index (χ0v) is 42.5. The van der Waals surface area contributed by atoms with E-state index in [0.29, 0.717) is 51.1 Å². The summed E-state index contributed by atoms with van der Waals surface area (Å²) in [5.74, 6) is 1.11. The number of ether oxygens (including phenoxy) is 2. The fourth-order valence-corrected chi connectivity index (χ4v) is 9.10. The Labute approximate surface area is 394 Å². The monoisotopic (exact) mass is 889 g/mol. The van der Waals surface area contributed by atoms with Crippen LogP contribution in [0.1, 0.15) is 189 Å². The summed E-state index contributed by atoms with van der Waals surface area (Å²) in [5, 5.41) is 31.1. The number of aliphatic hydroxyl groups is 2. The van der Waals surface area contributed by atoms with Crippen LogP contribution in [-0.2, 0) is 20.4 Å². The molecule has 0 bridgehead atoms. The van der Waals surface area contributed by atoms with E-state index >= 15 is 0 Å². The van der Waals surface area contributed by atoms with Crippen LogP contribution in [0.4, 0.5) is 0 Å². The number of hydrogen-bond acceptors (Lipinski definition) is 6. The number of carbonyl (C=O) groups is 1. The average molecular weight is 889 g/mol. The highest BCUT2D eigenvalue weighted by atomic mass is 16.5. The summed E-state index contributed by atoms with van der Waals surface area (Å²) in [6.45, 7) is 28.3. The normalized spacial score (nSPS) is 12.4. The number of aromatic hydroxyl groups is 1. The highest BCUT2D eigenvalue weighted by Crippen LogP contribution is 2.42. The van der Waals surface area contributed by atoms with E-state index in [9.17, 15) is 20.1 Å². The zero-order chi connectivity index (χ0) is 48.4. The highest BCUT2D eigenvalue weighted by molar-refractivity contribution is 5.69. The van der Waals surface area contributed by atoms with E-state index in [-0.39, 0.29) is 16.8 Å². The fourth-order valence-electron chi connectivity index (χ4n) is 9.10. The summed E-state index contributed by atoms with van der Waals surface area (Å²) in [4.78, 5) is 11.5. The van der Waals surface area contributed by atoms with Crippen molar-refractivity contribution in [3.8, 4) is 11.5 Å². The van der Waals surface area contributed by atoms with Gasteiger partial charge in [0.15, 0.2) is 0 Å². The van der Waals surface area contributed by atoms with Crippen molar-refractivity contribution in [2.24, 2.45) is 0 Å². The summed E-state index contributed by atoms with van der Waals surface area (Å²) in [7, 11) is 0. The first-order chi connectivity index (χ1) is 30.9. The second kappa shape index (κ2) is 25.3. The molecule has 0 atom stereocenters. The lowest BCUT2D eigenvalue weighted by atomic mass is 9.70. The molecule has 0 saturated heterocycles. The Morgan fingerprint density at radius 3 is 1.29 bits per heavy atom. The van der Waals surface area contributed by atoms with Gasteiger partial charge in [-0.2, -0.15) is 0 Å². The van der Waals surface area contributed by atoms with Gasteiger partial charge < -0.3 is 24.8 Å². The topological polar surface area (TPSA) is 96.2 Å². The van der Waals surface area contributed by atoms with Gasteiger partial charge in [-0.25, -0.2) is 0 Å². The predicted molar refractivity (Wildman–Crippen MR) is 274 cm³/mol. The lowest BCUT2D eigenvalue weighted by Crippen LogP contribution is -2.26. The molecule has 4 rings (SSSR count). The number of hydrogen-bond donors (Lipinski definition) is 3. The molecule has 0 aliphatic rings. The maximum atomic E-state index is 11.5. The molecule has 0 unspecified atom stereocenters. The molecule has 0 aliphatic heterocycles. The Balaban J connectivity index is 0.000000359. The van der Waals surface area contributed by atoms with E-state index in [4.69, 9.17) is 9.47 Å². The van der Waals surface area contributed by atoms with Crippen molar-refractivity contribution in [3.63, 3.8) is 0 Å². The minimum atomic E-state index is -0.746. The first kappa shape index (κ1) is 54.7. The van der Waals surface area contributed by atoms with Gasteiger partial charge in [0.05, 0.1) is 24.4 Å². The highest BCUT2D eigenvalue weighted by Gasteiger charge is 2.33. The van der Waals surface area contributed by atoms with Crippen LogP contribution in [-0.4, -0.2) is 45.7 Å². The van der Waals surface area contributed by atoms with Gasteiger partial charge >= 0.3 is 5.97 Å². The molecule has 65 heavy (non-hydrogen) atoms. The third-order valence-electron chi connectivity index (χ3n) is 14.5. The van der Waals surface area contributed by atoms with Gasteiger partial charge in [0.2, 0.25) is 0 Å². The number of esters is 1. The molecule has 0 amide bonds. The van der Waals surface area contributed by atoms with Crippen LogP contribution in [0.15, 0.2) is 84.9 Å². The van der Waals surface area contributed by atoms with Gasteiger partial charge in [0.25, 0.3) is 0 Å². The van der Waals surface area contributed by atoms with Crippen molar-refractivity contribution in [1.29, 1.82) is 0 Å². The fraction of sp³-hybridized carbons (Fsp3) is 0.508. The molecule has 4 aromatic rings. The number of phenols is 1. The number of phenolic OH excluding ortho intramolecular Hbond substituents is 1. The number of unbranched alkanes of at least 4 members (excludes halogenated alkanes) is 1. The molecular formula is C59H84O6. The summed E-state index contributed by atoms with van der Waals surface area (Å²) in [5.41, 5.74) is 10.3. The number of rotatable bonds is 23. The van der Waals surface area contributed by atoms with Crippen LogP contribution in [0.2, 0.25) is 0 Å². The predicted octanol–water partition coefficient (Wildman–Crippen LogP) is 14.8. The van der Waals surface area contributed by atoms with E-state index in [1.54, 1.807) is 0 Å². The Morgan fingerprint density at radius 1 is 0.523 bits per heavy atom. The first-order valence-corrected chi connectivity index (χ1v) is 24.7. The second-order valence-electron chi connectivity index (χ2n) is 18.1. The maximum Gasteiger partial charge on any atom is 0.305 e. The van der Waals surface area contributed by atoms with Crippen LogP contribution in [0.5, 0.6) is 11.5 Å². The Hall–Kier alpha value is -4.65. The SMILES string of the molecule is CCC(O)(/C=C/c1ccc(C(CC)(CC)c2ccc(O)c(C)c2)cc1C)CC.CCOC(=O)CCCCOc1ccc(C(CC)(CC)c2ccc(/C=C/C(O)(CC)CC)c(C)c2)cc1C. The molecule has 4 aromatic carbocycles. The standard InChI is InChI=1S/C33H48O4.C26H36O2/c1-8-32(35,9-2)21-20-27-16-17-28(23-25(27)6)33(10-3,11-4)29-18-19-30(26(7)24-29)37-22-14-13-15-31(34)36-12-5;1-7-25(28,8-2)16-15-21-11-12-22(17-19(21)5)26(9-3,10-4)23-13-14-24(27)20(6)18-23/h16-21,23-24,35H,8-15,22H2,1-7H3;11-18,27-28H,7-10H2,1-6H3/b21-20+;16-15+. The zero-order valence-electron chi connectivity index (χ0n) is 42.5. The Bertz CT molecular complexity index is 2160. The van der Waals surface area contributed by atoms with E-state index in [0.717, 1.165) is 66.5 Å². The van der Waals surface area contributed by atoms with Crippen molar-refractivity contribution in [1.82, 2.24) is 0 Å². The molecule has 3 N–H and O–H groups in total. The third kappa shape index (κ3) is 13.9. The minimum absolute atomic E-state index is 0.0704. The molecule has 0 fully saturated rings. The molecule has 0 heterocycles. The molecule has 356 valence electrons. The largest absolute Gasteiger partial charge is 0.508 e. The van der Waals surface area contributed by atoms with Crippen molar-refractivity contribution < 1.29 is 29.6 Å². The number of benzene rings is 4. The maximum absolute atomic E-state index is 11.5. The summed E-state index contributed by atoms with van der Waals surface area (Å²) >= 11 is 0. The molecule has 0 spiro atoms. The molecule has 0 aromatic heterocycles. The van der Waals surface area contributed by atoms with Crippen molar-refractivity contribution in [3.05, 3.63) is 141 Å². The molecule has 6 nitrogen and oxygen atoms in total. The summed E-state index contributed by atoms with van der Waals surface area (Å²) in [6, 6.07) is 26.0. The number of carbonyl (C=O) groups excluding carboxylic acids is 1. The van der Waals surface area contributed by atoms with Crippen LogP contribution < -0.4 is 4.74 Å². The van der Waals surface area contributed by atoms with Crippen molar-refractivity contribution in [2.45, 2.75) is 183 Å². The molecular weight excluding hydrogens is 805 g/mol. The van der Waals surface area contributed by atoms with Crippen molar-refractivity contribution >= 4 is 18.1 Å². The third-order valence-corrected chi connectivity index (χ3v) is 14.5. The van der Waals surface area contributed by atoms with E-state index in [1.165, 1.54) is 33.4 Å². The molecule has 0 aliphatic carbocycles. The van der Waals surface area contributed by atoms with Crippen LogP contribution in [0.3, 0.4) is 0 Å². The molecule has 0 radical (unpaired) electrons. The van der Waals surface area contributed by atoms with Gasteiger partial charge in [-0.05, 0) is 167 Å². The summed E-state index contributed by atoms with van der Waals surface area (Å²) < 4.78 is 11.0. The first-order valence-electron chi connectivity index (χ1n) is 24.7. The average Bonchev–Trinajstić information content (AvgIpc) is 3.31. The number of aryl methyl sites for hydroxylation is 4. The lowest BCUT2D eigenvalue weighted by Gasteiger charge is -2.34. The van der Waals surface area contributed by atoms with Crippen LogP contribution in [0.25, 0.3) is 12.2 Å². The van der Waals surface area contributed by atoms with Gasteiger partial charge in [-0.3, -0.25) is 4.79 Å². The quantitative estimate of drug-likeness (QED) is 0.0507. The van der Waals surface area contributed by atoms with Crippen LogP contribution >= 0.6 is 0 Å². The van der Waals surface area contributed by atoms with Gasteiger partial charge in [-0.1, -0.05) is 140 Å². The lowest BCUT2D eigenvalue weighted by molar-refractivity contribution is -0.143. The minimum Gasteiger partial charge on any atom is -0.508 e. The smallest absolute Gasteiger partial charge is 0.305 e. The van der Waals surface area contributed by atoms with E-state index < -0.39 is 11.2 Å². The van der Waals surface area contributed by atoms with Gasteiger partial charge in [0.1, 0.15) is 11.5 Å². The molecule has 6 heteroatoms. The second-order valence-corrected chi connectivity index (χ2v) is 18.1. The molecule has 0 saturated carbocycles. The Morgan fingerprint density at radius 2 is 0.923 bits per heavy atom. The van der Waals surface area contributed by atoms with Gasteiger partial charge in [-0.15, -0.1) is 0 Å². The summed E-state index contributed by atoms with van der Waals surface area (Å²) in [6.07, 6.45) is 16.9. The van der Waals surface area contributed by atoms with Gasteiger partial charge in [0, 0.05) is 17.3 Å². The Kier molecular flexibility index (Phi) is 21.3. The van der Waals surface area contributed by atoms with Crippen LogP contribution in [0, 0.1) is 27.7 Å². The van der Waals surface area contributed by atoms with Crippen molar-refractivity contribution in [2.75, 3.05) is 13.2 Å². The van der Waals surface area contributed by atoms with E-state index in [2.05, 4.69) is 127 Å².